The quantitative estimate of drug-likeness (QED) is 0.574. The predicted octanol–water partition coefficient (Wildman–Crippen LogP) is 3.04. The number of hydrogen-bond acceptors (Lipinski definition) is 2. The van der Waals surface area contributed by atoms with Gasteiger partial charge in [-0.2, -0.15) is 25.3 Å². The Hall–Kier alpha value is 0.700. The van der Waals surface area contributed by atoms with Crippen molar-refractivity contribution in [1.82, 2.24) is 0 Å². The number of thiol groups is 2. The summed E-state index contributed by atoms with van der Waals surface area (Å²) >= 11 is 8.34. The fraction of sp³-hybridized carbons (Fsp3) is 1.00. The third-order valence-electron chi connectivity index (χ3n) is 1.71. The van der Waals surface area contributed by atoms with Crippen molar-refractivity contribution < 1.29 is 0 Å². The van der Waals surface area contributed by atoms with E-state index in [9.17, 15) is 0 Å². The van der Waals surface area contributed by atoms with Crippen LogP contribution in [0, 0.1) is 5.92 Å². The van der Waals surface area contributed by atoms with Crippen LogP contribution >= 0.6 is 25.3 Å². The van der Waals surface area contributed by atoms with E-state index >= 15 is 0 Å². The fourth-order valence-corrected chi connectivity index (χ4v) is 1.39. The first-order valence-electron chi connectivity index (χ1n) is 4.03. The van der Waals surface area contributed by atoms with Crippen LogP contribution in [0.1, 0.15) is 32.6 Å². The third kappa shape index (κ3) is 6.81. The van der Waals surface area contributed by atoms with E-state index in [-0.39, 0.29) is 0 Å². The van der Waals surface area contributed by atoms with Crippen LogP contribution in [0.3, 0.4) is 0 Å². The van der Waals surface area contributed by atoms with Gasteiger partial charge in [0, 0.05) is 0 Å². The number of rotatable bonds is 6. The van der Waals surface area contributed by atoms with E-state index in [1.54, 1.807) is 0 Å². The molecule has 0 aromatic rings. The van der Waals surface area contributed by atoms with Gasteiger partial charge in [-0.25, -0.2) is 0 Å². The van der Waals surface area contributed by atoms with Gasteiger partial charge >= 0.3 is 0 Å². The first-order chi connectivity index (χ1) is 4.81. The molecule has 62 valence electrons. The maximum atomic E-state index is 4.17. The molecular formula is C8H18S2. The van der Waals surface area contributed by atoms with Gasteiger partial charge in [0.2, 0.25) is 0 Å². The van der Waals surface area contributed by atoms with Gasteiger partial charge in [-0.1, -0.05) is 6.92 Å². The molecule has 0 spiro atoms. The summed E-state index contributed by atoms with van der Waals surface area (Å²) < 4.78 is 0. The van der Waals surface area contributed by atoms with Crippen molar-refractivity contribution >= 4 is 25.3 Å². The molecule has 0 unspecified atom stereocenters. The van der Waals surface area contributed by atoms with Crippen molar-refractivity contribution in [3.63, 3.8) is 0 Å². The maximum Gasteiger partial charge on any atom is -0.00978 e. The molecule has 0 rings (SSSR count). The monoisotopic (exact) mass is 178 g/mol. The molecule has 0 heterocycles. The summed E-state index contributed by atoms with van der Waals surface area (Å²) in [5, 5.41) is 0. The highest BCUT2D eigenvalue weighted by Crippen LogP contribution is 2.12. The molecule has 0 saturated carbocycles. The van der Waals surface area contributed by atoms with E-state index in [4.69, 9.17) is 0 Å². The smallest absolute Gasteiger partial charge is 0.00978 e. The van der Waals surface area contributed by atoms with Crippen molar-refractivity contribution in [2.24, 2.45) is 5.92 Å². The van der Waals surface area contributed by atoms with Crippen LogP contribution in [0.15, 0.2) is 0 Å². The van der Waals surface area contributed by atoms with Crippen molar-refractivity contribution in [2.75, 3.05) is 11.5 Å². The highest BCUT2D eigenvalue weighted by molar-refractivity contribution is 7.80. The lowest BCUT2D eigenvalue weighted by molar-refractivity contribution is 0.484. The Morgan fingerprint density at radius 2 is 1.40 bits per heavy atom. The summed E-state index contributed by atoms with van der Waals surface area (Å²) in [5.74, 6) is 2.94. The summed E-state index contributed by atoms with van der Waals surface area (Å²) in [7, 11) is 0. The molecule has 0 aliphatic carbocycles. The normalized spacial score (nSPS) is 10.8. The molecule has 0 aliphatic rings. The van der Waals surface area contributed by atoms with E-state index in [1.807, 2.05) is 0 Å². The summed E-state index contributed by atoms with van der Waals surface area (Å²) in [4.78, 5) is 0. The Balaban J connectivity index is 3.00. The molecule has 0 aromatic heterocycles. The van der Waals surface area contributed by atoms with Gasteiger partial charge in [-0.3, -0.25) is 0 Å². The molecule has 0 aromatic carbocycles. The minimum absolute atomic E-state index is 0.874. The minimum atomic E-state index is 0.874. The first-order valence-corrected chi connectivity index (χ1v) is 5.29. The molecule has 0 radical (unpaired) electrons. The summed E-state index contributed by atoms with van der Waals surface area (Å²) in [6, 6.07) is 0. The van der Waals surface area contributed by atoms with Crippen LogP contribution in [-0.2, 0) is 0 Å². The highest BCUT2D eigenvalue weighted by atomic mass is 32.1. The van der Waals surface area contributed by atoms with Gasteiger partial charge in [0.15, 0.2) is 0 Å². The van der Waals surface area contributed by atoms with Crippen LogP contribution in [0.4, 0.5) is 0 Å². The number of hydrogen-bond donors (Lipinski definition) is 2. The second-order valence-corrected chi connectivity index (χ2v) is 3.73. The molecule has 10 heavy (non-hydrogen) atoms. The predicted molar refractivity (Wildman–Crippen MR) is 55.3 cm³/mol. The molecule has 0 fully saturated rings. The van der Waals surface area contributed by atoms with E-state index in [0.717, 1.165) is 17.4 Å². The Morgan fingerprint density at radius 3 is 1.70 bits per heavy atom. The average Bonchev–Trinajstić information content (AvgIpc) is 1.97. The van der Waals surface area contributed by atoms with Crippen LogP contribution < -0.4 is 0 Å². The van der Waals surface area contributed by atoms with E-state index in [0.29, 0.717) is 0 Å². The lowest BCUT2D eigenvalue weighted by Gasteiger charge is -2.08. The largest absolute Gasteiger partial charge is 0.179 e. The zero-order valence-corrected chi connectivity index (χ0v) is 8.50. The second kappa shape index (κ2) is 7.80. The van der Waals surface area contributed by atoms with Crippen LogP contribution in [0.5, 0.6) is 0 Å². The van der Waals surface area contributed by atoms with Crippen molar-refractivity contribution in [1.29, 1.82) is 0 Å². The van der Waals surface area contributed by atoms with Crippen molar-refractivity contribution in [3.8, 4) is 0 Å². The lowest BCUT2D eigenvalue weighted by atomic mass is 10.0. The lowest BCUT2D eigenvalue weighted by Crippen LogP contribution is -1.95. The zero-order valence-electron chi connectivity index (χ0n) is 6.71. The third-order valence-corrected chi connectivity index (χ3v) is 2.34. The fourth-order valence-electron chi connectivity index (χ4n) is 1.02. The van der Waals surface area contributed by atoms with Gasteiger partial charge in [0.25, 0.3) is 0 Å². The van der Waals surface area contributed by atoms with Crippen LogP contribution in [0.25, 0.3) is 0 Å². The SMILES string of the molecule is CC(CCCS)CCCS. The average molecular weight is 178 g/mol. The summed E-state index contributed by atoms with van der Waals surface area (Å²) in [6.07, 6.45) is 5.18. The molecule has 0 aliphatic heterocycles. The van der Waals surface area contributed by atoms with E-state index in [2.05, 4.69) is 32.2 Å². The van der Waals surface area contributed by atoms with Crippen LogP contribution in [-0.4, -0.2) is 11.5 Å². The van der Waals surface area contributed by atoms with Gasteiger partial charge in [-0.05, 0) is 43.1 Å². The minimum Gasteiger partial charge on any atom is -0.179 e. The van der Waals surface area contributed by atoms with Gasteiger partial charge < -0.3 is 0 Å². The highest BCUT2D eigenvalue weighted by Gasteiger charge is 1.99. The Labute approximate surface area is 75.6 Å². The Bertz CT molecular complexity index is 56.3. The molecule has 0 atom stereocenters. The Morgan fingerprint density at radius 1 is 1.00 bits per heavy atom. The van der Waals surface area contributed by atoms with Gasteiger partial charge in [-0.15, -0.1) is 0 Å². The van der Waals surface area contributed by atoms with Crippen molar-refractivity contribution in [2.45, 2.75) is 32.6 Å². The van der Waals surface area contributed by atoms with Gasteiger partial charge in [0.1, 0.15) is 0 Å². The maximum absolute atomic E-state index is 4.17. The molecule has 0 amide bonds. The molecular weight excluding hydrogens is 160 g/mol. The molecule has 0 nitrogen and oxygen atoms in total. The Kier molecular flexibility index (Phi) is 8.35. The van der Waals surface area contributed by atoms with Crippen LogP contribution in [0.2, 0.25) is 0 Å². The first kappa shape index (κ1) is 10.7. The van der Waals surface area contributed by atoms with E-state index < -0.39 is 0 Å². The zero-order chi connectivity index (χ0) is 7.82. The van der Waals surface area contributed by atoms with Gasteiger partial charge in [0.05, 0.1) is 0 Å². The molecule has 0 N–H and O–H groups in total. The summed E-state index contributed by atoms with van der Waals surface area (Å²) in [5.41, 5.74) is 0. The molecule has 0 saturated heterocycles. The second-order valence-electron chi connectivity index (χ2n) is 2.84. The summed E-state index contributed by atoms with van der Waals surface area (Å²) in [6.45, 7) is 2.31. The van der Waals surface area contributed by atoms with Crippen molar-refractivity contribution in [3.05, 3.63) is 0 Å². The molecule has 2 heteroatoms. The van der Waals surface area contributed by atoms with E-state index in [1.165, 1.54) is 25.7 Å². The molecule has 0 bridgehead atoms. The standard InChI is InChI=1S/C8H18S2/c1-8(4-2-6-9)5-3-7-10/h8-10H,2-7H2,1H3. The topological polar surface area (TPSA) is 0 Å².